The lowest BCUT2D eigenvalue weighted by Crippen LogP contribution is -2.33. The van der Waals surface area contributed by atoms with Crippen LogP contribution in [0.5, 0.6) is 0 Å². The second-order valence-corrected chi connectivity index (χ2v) is 9.23. The molecule has 1 N–H and O–H groups in total. The average molecular weight is 418 g/mol. The molecule has 31 heavy (non-hydrogen) atoms. The third kappa shape index (κ3) is 3.74. The number of rotatable bonds is 5. The Labute approximate surface area is 181 Å². The van der Waals surface area contributed by atoms with Crippen LogP contribution in [0.1, 0.15) is 50.1 Å². The molecule has 5 rings (SSSR count). The summed E-state index contributed by atoms with van der Waals surface area (Å²) in [7, 11) is 0. The molecule has 4 aromatic heterocycles. The minimum atomic E-state index is -0.241. The van der Waals surface area contributed by atoms with Crippen LogP contribution in [0.25, 0.3) is 22.2 Å². The van der Waals surface area contributed by atoms with Crippen LogP contribution >= 0.6 is 0 Å². The topological polar surface area (TPSA) is 86.0 Å². The van der Waals surface area contributed by atoms with E-state index in [1.54, 1.807) is 18.7 Å². The summed E-state index contributed by atoms with van der Waals surface area (Å²) in [4.78, 5) is 18.0. The zero-order chi connectivity index (χ0) is 21.6. The van der Waals surface area contributed by atoms with Gasteiger partial charge in [-0.2, -0.15) is 0 Å². The number of pyridine rings is 2. The van der Waals surface area contributed by atoms with E-state index in [4.69, 9.17) is 14.1 Å². The van der Waals surface area contributed by atoms with Gasteiger partial charge in [-0.25, -0.2) is 15.0 Å². The molecule has 5 heterocycles. The standard InChI is InChI=1S/C24H27N5O2/c1-14(2)9-18-17-12-30-24(3,4)10-16(17)19-20-21(31-23(19)29-18)22(28-13-27-20)26-11-15-5-7-25-8-6-15/h5-8,13-14H,9-12H2,1-4H3,(H,26,27,28). The minimum absolute atomic E-state index is 0.241. The number of ether oxygens (including phenoxy) is 1. The van der Waals surface area contributed by atoms with Crippen LogP contribution in [-0.2, 0) is 30.7 Å². The molecule has 160 valence electrons. The molecule has 7 heteroatoms. The molecule has 0 fully saturated rings. The summed E-state index contributed by atoms with van der Waals surface area (Å²) in [6.07, 6.45) is 6.84. The zero-order valence-corrected chi connectivity index (χ0v) is 18.4. The second kappa shape index (κ2) is 7.57. The highest BCUT2D eigenvalue weighted by Crippen LogP contribution is 2.39. The molecule has 0 unspecified atom stereocenters. The predicted octanol–water partition coefficient (Wildman–Crippen LogP) is 4.83. The normalized spacial score (nSPS) is 15.5. The molecule has 0 aromatic carbocycles. The average Bonchev–Trinajstić information content (AvgIpc) is 3.11. The van der Waals surface area contributed by atoms with Gasteiger partial charge in [-0.15, -0.1) is 0 Å². The molecule has 4 aromatic rings. The van der Waals surface area contributed by atoms with E-state index < -0.39 is 0 Å². The molecule has 0 saturated heterocycles. The molecule has 1 aliphatic heterocycles. The lowest BCUT2D eigenvalue weighted by molar-refractivity contribution is -0.0402. The Kier molecular flexibility index (Phi) is 4.85. The van der Waals surface area contributed by atoms with Crippen molar-refractivity contribution in [1.29, 1.82) is 0 Å². The maximum Gasteiger partial charge on any atom is 0.229 e. The predicted molar refractivity (Wildman–Crippen MR) is 120 cm³/mol. The smallest absolute Gasteiger partial charge is 0.229 e. The van der Waals surface area contributed by atoms with Crippen LogP contribution < -0.4 is 5.32 Å². The highest BCUT2D eigenvalue weighted by molar-refractivity contribution is 6.06. The first-order chi connectivity index (χ1) is 14.9. The first-order valence-electron chi connectivity index (χ1n) is 10.8. The van der Waals surface area contributed by atoms with Crippen molar-refractivity contribution < 1.29 is 9.15 Å². The van der Waals surface area contributed by atoms with E-state index >= 15 is 0 Å². The molecular formula is C24H27N5O2. The second-order valence-electron chi connectivity index (χ2n) is 9.23. The number of nitrogens with one attached hydrogen (secondary N) is 1. The van der Waals surface area contributed by atoms with E-state index in [0.29, 0.717) is 36.2 Å². The van der Waals surface area contributed by atoms with Gasteiger partial charge in [0.15, 0.2) is 11.4 Å². The monoisotopic (exact) mass is 417 g/mol. The van der Waals surface area contributed by atoms with Crippen LogP contribution in [0.2, 0.25) is 0 Å². The lowest BCUT2D eigenvalue weighted by atomic mass is 9.88. The number of hydrogen-bond acceptors (Lipinski definition) is 7. The fraction of sp³-hybridized carbons (Fsp3) is 0.417. The van der Waals surface area contributed by atoms with Gasteiger partial charge in [0, 0.05) is 30.9 Å². The molecule has 0 amide bonds. The Morgan fingerprint density at radius 2 is 1.94 bits per heavy atom. The van der Waals surface area contributed by atoms with Crippen molar-refractivity contribution in [3.05, 3.63) is 53.2 Å². The van der Waals surface area contributed by atoms with Gasteiger partial charge in [-0.3, -0.25) is 4.98 Å². The fourth-order valence-electron chi connectivity index (χ4n) is 4.24. The molecule has 0 atom stereocenters. The van der Waals surface area contributed by atoms with Gasteiger partial charge in [0.2, 0.25) is 5.71 Å². The number of nitrogens with zero attached hydrogens (tertiary/aromatic N) is 4. The minimum Gasteiger partial charge on any atom is -0.432 e. The van der Waals surface area contributed by atoms with E-state index in [0.717, 1.165) is 35.0 Å². The number of aromatic nitrogens is 4. The maximum atomic E-state index is 6.28. The lowest BCUT2D eigenvalue weighted by Gasteiger charge is -2.33. The summed E-state index contributed by atoms with van der Waals surface area (Å²) in [5.74, 6) is 1.16. The van der Waals surface area contributed by atoms with E-state index in [1.165, 1.54) is 11.1 Å². The van der Waals surface area contributed by atoms with Crippen LogP contribution in [0, 0.1) is 5.92 Å². The highest BCUT2D eigenvalue weighted by Gasteiger charge is 2.32. The van der Waals surface area contributed by atoms with Crippen molar-refractivity contribution in [2.24, 2.45) is 5.92 Å². The Morgan fingerprint density at radius 3 is 2.71 bits per heavy atom. The van der Waals surface area contributed by atoms with Gasteiger partial charge in [-0.05, 0) is 49.4 Å². The molecule has 0 saturated carbocycles. The van der Waals surface area contributed by atoms with Crippen molar-refractivity contribution in [3.63, 3.8) is 0 Å². The summed E-state index contributed by atoms with van der Waals surface area (Å²) in [6.45, 7) is 9.86. The van der Waals surface area contributed by atoms with Gasteiger partial charge >= 0.3 is 0 Å². The van der Waals surface area contributed by atoms with Gasteiger partial charge in [0.25, 0.3) is 0 Å². The molecule has 0 spiro atoms. The van der Waals surface area contributed by atoms with E-state index in [-0.39, 0.29) is 5.60 Å². The van der Waals surface area contributed by atoms with E-state index in [2.05, 4.69) is 48.0 Å². The van der Waals surface area contributed by atoms with Crippen molar-refractivity contribution >= 4 is 28.0 Å². The van der Waals surface area contributed by atoms with Crippen molar-refractivity contribution in [1.82, 2.24) is 19.9 Å². The number of furan rings is 1. The van der Waals surface area contributed by atoms with Crippen molar-refractivity contribution in [3.8, 4) is 0 Å². The summed E-state index contributed by atoms with van der Waals surface area (Å²) in [6, 6.07) is 3.95. The molecule has 7 nitrogen and oxygen atoms in total. The number of fused-ring (bicyclic) bond motifs is 5. The van der Waals surface area contributed by atoms with Crippen LogP contribution in [0.4, 0.5) is 5.82 Å². The quantitative estimate of drug-likeness (QED) is 0.498. The highest BCUT2D eigenvalue weighted by atomic mass is 16.5. The van der Waals surface area contributed by atoms with Gasteiger partial charge < -0.3 is 14.5 Å². The summed E-state index contributed by atoms with van der Waals surface area (Å²) >= 11 is 0. The summed E-state index contributed by atoms with van der Waals surface area (Å²) in [5, 5.41) is 4.37. The summed E-state index contributed by atoms with van der Waals surface area (Å²) < 4.78 is 12.4. The SMILES string of the molecule is CC(C)Cc1nc2oc3c(NCc4ccncc4)ncnc3c2c2c1COC(C)(C)C2. The van der Waals surface area contributed by atoms with Crippen LogP contribution in [0.3, 0.4) is 0 Å². The van der Waals surface area contributed by atoms with E-state index in [1.807, 2.05) is 12.1 Å². The van der Waals surface area contributed by atoms with Gasteiger partial charge in [0.1, 0.15) is 11.8 Å². The van der Waals surface area contributed by atoms with Gasteiger partial charge in [-0.1, -0.05) is 13.8 Å². The Morgan fingerprint density at radius 1 is 1.13 bits per heavy atom. The first-order valence-corrected chi connectivity index (χ1v) is 10.8. The molecule has 0 bridgehead atoms. The van der Waals surface area contributed by atoms with Crippen molar-refractivity contribution in [2.45, 2.75) is 59.3 Å². The Balaban J connectivity index is 1.65. The summed E-state index contributed by atoms with van der Waals surface area (Å²) in [5.41, 5.74) is 6.46. The maximum absolute atomic E-state index is 6.28. The molecular weight excluding hydrogens is 390 g/mol. The Hall–Kier alpha value is -3.06. The number of anilines is 1. The molecule has 0 radical (unpaired) electrons. The zero-order valence-electron chi connectivity index (χ0n) is 18.4. The fourth-order valence-corrected chi connectivity index (χ4v) is 4.24. The molecule has 1 aliphatic rings. The number of hydrogen-bond donors (Lipinski definition) is 1. The molecule has 0 aliphatic carbocycles. The largest absolute Gasteiger partial charge is 0.432 e. The Bertz CT molecular complexity index is 1250. The van der Waals surface area contributed by atoms with Crippen LogP contribution in [-0.4, -0.2) is 25.5 Å². The third-order valence-corrected chi connectivity index (χ3v) is 5.72. The van der Waals surface area contributed by atoms with Crippen molar-refractivity contribution in [2.75, 3.05) is 5.32 Å². The van der Waals surface area contributed by atoms with Gasteiger partial charge in [0.05, 0.1) is 23.3 Å². The third-order valence-electron chi connectivity index (χ3n) is 5.72. The first kappa shape index (κ1) is 19.9. The van der Waals surface area contributed by atoms with E-state index in [9.17, 15) is 0 Å². The van der Waals surface area contributed by atoms with Crippen LogP contribution in [0.15, 0.2) is 35.3 Å².